The molecule has 4 rings (SSSR count). The maximum atomic E-state index is 12.9. The minimum Gasteiger partial charge on any atom is -0.475 e. The van der Waals surface area contributed by atoms with Crippen molar-refractivity contribution in [3.05, 3.63) is 132 Å². The van der Waals surface area contributed by atoms with Crippen molar-refractivity contribution in [1.82, 2.24) is 10.3 Å². The van der Waals surface area contributed by atoms with Gasteiger partial charge in [0.2, 0.25) is 5.88 Å². The molecule has 0 amide bonds. The first-order valence-corrected chi connectivity index (χ1v) is 10.8. The number of rotatable bonds is 9. The van der Waals surface area contributed by atoms with Gasteiger partial charge in [0, 0.05) is 12.3 Å². The van der Waals surface area contributed by atoms with Crippen molar-refractivity contribution in [2.24, 2.45) is 0 Å². The van der Waals surface area contributed by atoms with E-state index in [-0.39, 0.29) is 6.61 Å². The van der Waals surface area contributed by atoms with E-state index in [0.717, 1.165) is 16.7 Å². The van der Waals surface area contributed by atoms with Gasteiger partial charge in [-0.05, 0) is 22.8 Å². The molecular weight excluding hydrogens is 412 g/mol. The fourth-order valence-corrected chi connectivity index (χ4v) is 3.99. The van der Waals surface area contributed by atoms with Crippen LogP contribution in [0, 0.1) is 0 Å². The van der Waals surface area contributed by atoms with Crippen molar-refractivity contribution >= 4 is 5.97 Å². The summed E-state index contributed by atoms with van der Waals surface area (Å²) in [5.74, 6) is 0.0241. The molecule has 0 aliphatic rings. The number of methoxy groups -OCH3 is 1. The lowest BCUT2D eigenvalue weighted by Gasteiger charge is -2.39. The fourth-order valence-electron chi connectivity index (χ4n) is 3.99. The molecule has 0 saturated carbocycles. The summed E-state index contributed by atoms with van der Waals surface area (Å²) >= 11 is 0. The molecule has 0 aliphatic heterocycles. The van der Waals surface area contributed by atoms with Crippen LogP contribution in [0.2, 0.25) is 0 Å². The van der Waals surface area contributed by atoms with Gasteiger partial charge in [-0.2, -0.15) is 0 Å². The second-order valence-corrected chi connectivity index (χ2v) is 7.55. The van der Waals surface area contributed by atoms with Crippen molar-refractivity contribution in [3.63, 3.8) is 0 Å². The Morgan fingerprint density at radius 1 is 0.788 bits per heavy atom. The molecule has 166 valence electrons. The van der Waals surface area contributed by atoms with Crippen LogP contribution in [0.15, 0.2) is 115 Å². The number of pyridine rings is 1. The molecule has 0 aliphatic carbocycles. The Labute approximate surface area is 194 Å². The standard InChI is InChI=1S/C28H26N2O3/c1-32-27(31)25(21-33-26-19-11-12-20-29-26)30-28(22-13-5-2-6-14-22,23-15-7-3-8-16-23)24-17-9-4-10-18-24/h2-20,25,30H,21H2,1H3. The van der Waals surface area contributed by atoms with Crippen molar-refractivity contribution in [1.29, 1.82) is 0 Å². The second kappa shape index (κ2) is 10.6. The number of hydrogen-bond donors (Lipinski definition) is 1. The molecule has 1 atom stereocenters. The van der Waals surface area contributed by atoms with E-state index in [9.17, 15) is 4.79 Å². The molecule has 33 heavy (non-hydrogen) atoms. The van der Waals surface area contributed by atoms with Gasteiger partial charge in [-0.3, -0.25) is 10.1 Å². The Morgan fingerprint density at radius 2 is 1.27 bits per heavy atom. The summed E-state index contributed by atoms with van der Waals surface area (Å²) in [5.41, 5.74) is 2.16. The maximum Gasteiger partial charge on any atom is 0.326 e. The van der Waals surface area contributed by atoms with Gasteiger partial charge in [0.05, 0.1) is 12.6 Å². The number of benzene rings is 3. The molecule has 1 unspecified atom stereocenters. The zero-order valence-corrected chi connectivity index (χ0v) is 18.4. The monoisotopic (exact) mass is 438 g/mol. The molecule has 0 saturated heterocycles. The molecular formula is C28H26N2O3. The topological polar surface area (TPSA) is 60.5 Å². The number of nitrogens with one attached hydrogen (secondary N) is 1. The lowest BCUT2D eigenvalue weighted by Crippen LogP contribution is -2.55. The molecule has 0 fully saturated rings. The van der Waals surface area contributed by atoms with Gasteiger partial charge in [-0.1, -0.05) is 97.1 Å². The predicted molar refractivity (Wildman–Crippen MR) is 128 cm³/mol. The van der Waals surface area contributed by atoms with Gasteiger partial charge < -0.3 is 9.47 Å². The zero-order valence-electron chi connectivity index (χ0n) is 18.4. The van der Waals surface area contributed by atoms with E-state index < -0.39 is 17.6 Å². The number of ether oxygens (including phenoxy) is 2. The highest BCUT2D eigenvalue weighted by Crippen LogP contribution is 2.37. The van der Waals surface area contributed by atoms with E-state index in [0.29, 0.717) is 5.88 Å². The maximum absolute atomic E-state index is 12.9. The molecule has 1 aromatic heterocycles. The van der Waals surface area contributed by atoms with Gasteiger partial charge in [0.25, 0.3) is 0 Å². The van der Waals surface area contributed by atoms with Crippen LogP contribution >= 0.6 is 0 Å². The number of aromatic nitrogens is 1. The number of nitrogens with zero attached hydrogens (tertiary/aromatic N) is 1. The van der Waals surface area contributed by atoms with Crippen LogP contribution in [0.3, 0.4) is 0 Å². The zero-order chi connectivity index (χ0) is 22.9. The molecule has 0 radical (unpaired) electrons. The van der Waals surface area contributed by atoms with Crippen LogP contribution < -0.4 is 10.1 Å². The van der Waals surface area contributed by atoms with Gasteiger partial charge in [-0.15, -0.1) is 0 Å². The Bertz CT molecular complexity index is 1040. The van der Waals surface area contributed by atoms with Crippen molar-refractivity contribution in [2.75, 3.05) is 13.7 Å². The van der Waals surface area contributed by atoms with E-state index in [1.54, 1.807) is 12.3 Å². The van der Waals surface area contributed by atoms with E-state index in [1.807, 2.05) is 66.7 Å². The number of carbonyl (C=O) groups is 1. The van der Waals surface area contributed by atoms with Crippen LogP contribution in [0.5, 0.6) is 5.88 Å². The molecule has 1 N–H and O–H groups in total. The van der Waals surface area contributed by atoms with Gasteiger partial charge >= 0.3 is 5.97 Å². The minimum absolute atomic E-state index is 0.0535. The lowest BCUT2D eigenvalue weighted by molar-refractivity contribution is -0.144. The molecule has 5 nitrogen and oxygen atoms in total. The van der Waals surface area contributed by atoms with E-state index in [4.69, 9.17) is 9.47 Å². The first kappa shape index (κ1) is 22.2. The smallest absolute Gasteiger partial charge is 0.326 e. The highest BCUT2D eigenvalue weighted by molar-refractivity contribution is 5.76. The first-order chi connectivity index (χ1) is 16.2. The number of esters is 1. The molecule has 4 aromatic rings. The van der Waals surface area contributed by atoms with E-state index in [1.165, 1.54) is 7.11 Å². The van der Waals surface area contributed by atoms with Crippen LogP contribution in [-0.4, -0.2) is 30.7 Å². The highest BCUT2D eigenvalue weighted by Gasteiger charge is 2.40. The highest BCUT2D eigenvalue weighted by atomic mass is 16.5. The van der Waals surface area contributed by atoms with Gasteiger partial charge in [0.15, 0.2) is 0 Å². The van der Waals surface area contributed by atoms with Gasteiger partial charge in [-0.25, -0.2) is 4.98 Å². The molecule has 0 bridgehead atoms. The van der Waals surface area contributed by atoms with E-state index >= 15 is 0 Å². The summed E-state index contributed by atoms with van der Waals surface area (Å²) in [6.45, 7) is 0.0535. The Balaban J connectivity index is 1.83. The summed E-state index contributed by atoms with van der Waals surface area (Å²) in [6.07, 6.45) is 1.65. The minimum atomic E-state index is -0.823. The van der Waals surface area contributed by atoms with Crippen LogP contribution in [0.1, 0.15) is 16.7 Å². The van der Waals surface area contributed by atoms with Crippen molar-refractivity contribution in [2.45, 2.75) is 11.6 Å². The number of hydrogen-bond acceptors (Lipinski definition) is 5. The first-order valence-electron chi connectivity index (χ1n) is 10.8. The summed E-state index contributed by atoms with van der Waals surface area (Å²) < 4.78 is 11.0. The van der Waals surface area contributed by atoms with E-state index in [2.05, 4.69) is 46.7 Å². The fraction of sp³-hybridized carbons (Fsp3) is 0.143. The summed E-state index contributed by atoms with van der Waals surface area (Å²) in [6, 6.07) is 34.9. The van der Waals surface area contributed by atoms with Crippen LogP contribution in [0.4, 0.5) is 0 Å². The molecule has 5 heteroatoms. The van der Waals surface area contributed by atoms with Crippen LogP contribution in [0.25, 0.3) is 0 Å². The third-order valence-corrected chi connectivity index (χ3v) is 5.53. The van der Waals surface area contributed by atoms with Gasteiger partial charge in [0.1, 0.15) is 12.6 Å². The largest absolute Gasteiger partial charge is 0.475 e. The average Bonchev–Trinajstić information content (AvgIpc) is 2.91. The summed E-state index contributed by atoms with van der Waals surface area (Å²) in [4.78, 5) is 17.1. The Morgan fingerprint density at radius 3 is 1.70 bits per heavy atom. The second-order valence-electron chi connectivity index (χ2n) is 7.55. The SMILES string of the molecule is COC(=O)C(COc1ccccn1)NC(c1ccccc1)(c1ccccc1)c1ccccc1. The molecule has 1 heterocycles. The van der Waals surface area contributed by atoms with Crippen LogP contribution in [-0.2, 0) is 15.1 Å². The van der Waals surface area contributed by atoms with Crippen molar-refractivity contribution < 1.29 is 14.3 Å². The summed E-state index contributed by atoms with van der Waals surface area (Å²) in [7, 11) is 1.38. The lowest BCUT2D eigenvalue weighted by atomic mass is 9.76. The normalized spacial score (nSPS) is 12.0. The molecule has 3 aromatic carbocycles. The quantitative estimate of drug-likeness (QED) is 0.306. The predicted octanol–water partition coefficient (Wildman–Crippen LogP) is 4.58. The number of carbonyl (C=O) groups excluding carboxylic acids is 1. The van der Waals surface area contributed by atoms with Crippen molar-refractivity contribution in [3.8, 4) is 5.88 Å². The third-order valence-electron chi connectivity index (χ3n) is 5.53. The Hall–Kier alpha value is -3.96. The average molecular weight is 439 g/mol. The Kier molecular flexibility index (Phi) is 7.12. The summed E-state index contributed by atoms with van der Waals surface area (Å²) in [5, 5.41) is 3.61. The third kappa shape index (κ3) is 4.94. The molecule has 0 spiro atoms.